The fourth-order valence-corrected chi connectivity index (χ4v) is 1.48. The zero-order valence-electron chi connectivity index (χ0n) is 6.68. The van der Waals surface area contributed by atoms with Gasteiger partial charge in [-0.2, -0.15) is 0 Å². The maximum Gasteiger partial charge on any atom is 0.178 e. The first-order valence-corrected chi connectivity index (χ1v) is 4.86. The fraction of sp³-hybridized carbons (Fsp3) is 0.125. The maximum absolute atomic E-state index is 13.4. The zero-order valence-corrected chi connectivity index (χ0v) is 9.60. The first-order valence-electron chi connectivity index (χ1n) is 3.40. The molecule has 1 aromatic carbocycles. The molecule has 0 aliphatic rings. The van der Waals surface area contributed by atoms with E-state index in [0.29, 0.717) is 3.57 Å². The van der Waals surface area contributed by atoms with Crippen LogP contribution < -0.4 is 0 Å². The van der Waals surface area contributed by atoms with E-state index in [1.807, 2.05) is 22.6 Å². The van der Waals surface area contributed by atoms with E-state index >= 15 is 0 Å². The number of benzene rings is 1. The Kier molecular flexibility index (Phi) is 3.49. The van der Waals surface area contributed by atoms with Crippen LogP contribution in [0.15, 0.2) is 17.3 Å². The van der Waals surface area contributed by atoms with E-state index in [1.54, 1.807) is 13.0 Å². The summed E-state index contributed by atoms with van der Waals surface area (Å²) in [6.07, 6.45) is 0. The van der Waals surface area contributed by atoms with Crippen LogP contribution >= 0.6 is 34.2 Å². The number of oxime groups is 1. The maximum atomic E-state index is 13.4. The SMILES string of the molecule is Cc1ccc(/C(Cl)=N\O)c(F)c1I. The topological polar surface area (TPSA) is 32.6 Å². The summed E-state index contributed by atoms with van der Waals surface area (Å²) in [4.78, 5) is 0. The normalized spacial score (nSPS) is 11.8. The Bertz CT molecular complexity index is 367. The van der Waals surface area contributed by atoms with Gasteiger partial charge in [-0.3, -0.25) is 0 Å². The van der Waals surface area contributed by atoms with E-state index < -0.39 is 5.82 Å². The van der Waals surface area contributed by atoms with Crippen molar-refractivity contribution in [1.29, 1.82) is 0 Å². The first-order chi connectivity index (χ1) is 6.07. The molecule has 0 fully saturated rings. The highest BCUT2D eigenvalue weighted by Crippen LogP contribution is 2.20. The molecule has 1 rings (SSSR count). The van der Waals surface area contributed by atoms with E-state index in [0.717, 1.165) is 5.56 Å². The van der Waals surface area contributed by atoms with Crippen LogP contribution in [0, 0.1) is 16.3 Å². The number of aryl methyl sites for hydroxylation is 1. The highest BCUT2D eigenvalue weighted by molar-refractivity contribution is 14.1. The molecule has 0 radical (unpaired) electrons. The van der Waals surface area contributed by atoms with Gasteiger partial charge in [0.15, 0.2) is 5.17 Å². The lowest BCUT2D eigenvalue weighted by molar-refractivity contribution is 0.320. The minimum atomic E-state index is -0.455. The Balaban J connectivity index is 3.34. The van der Waals surface area contributed by atoms with Gasteiger partial charge in [-0.15, -0.1) is 0 Å². The van der Waals surface area contributed by atoms with Crippen LogP contribution in [0.3, 0.4) is 0 Å². The summed E-state index contributed by atoms with van der Waals surface area (Å²) >= 11 is 7.35. The lowest BCUT2D eigenvalue weighted by Gasteiger charge is -2.03. The second-order valence-corrected chi connectivity index (χ2v) is 3.89. The molecule has 0 spiro atoms. The molecule has 13 heavy (non-hydrogen) atoms. The van der Waals surface area contributed by atoms with Crippen molar-refractivity contribution >= 4 is 39.4 Å². The summed E-state index contributed by atoms with van der Waals surface area (Å²) < 4.78 is 13.9. The molecule has 0 aliphatic heterocycles. The lowest BCUT2D eigenvalue weighted by Crippen LogP contribution is -1.99. The average Bonchev–Trinajstić information content (AvgIpc) is 2.13. The van der Waals surface area contributed by atoms with E-state index in [2.05, 4.69) is 5.16 Å². The molecular formula is C8H6ClFINO. The molecule has 0 saturated heterocycles. The molecule has 0 bridgehead atoms. The lowest BCUT2D eigenvalue weighted by atomic mass is 10.1. The van der Waals surface area contributed by atoms with Gasteiger partial charge in [-0.1, -0.05) is 22.8 Å². The van der Waals surface area contributed by atoms with Crippen LogP contribution in [0.1, 0.15) is 11.1 Å². The highest BCUT2D eigenvalue weighted by Gasteiger charge is 2.12. The van der Waals surface area contributed by atoms with Gasteiger partial charge in [0.1, 0.15) is 5.82 Å². The summed E-state index contributed by atoms with van der Waals surface area (Å²) in [7, 11) is 0. The van der Waals surface area contributed by atoms with Crippen LogP contribution in [0.4, 0.5) is 4.39 Å². The average molecular weight is 313 g/mol. The molecule has 5 heteroatoms. The minimum Gasteiger partial charge on any atom is -0.410 e. The Hall–Kier alpha value is -0.360. The van der Waals surface area contributed by atoms with Crippen LogP contribution in [0.25, 0.3) is 0 Å². The predicted molar refractivity (Wildman–Crippen MR) is 58.0 cm³/mol. The third-order valence-corrected chi connectivity index (χ3v) is 3.19. The minimum absolute atomic E-state index is 0.110. The molecule has 0 aromatic heterocycles. The molecule has 0 atom stereocenters. The summed E-state index contributed by atoms with van der Waals surface area (Å²) in [6.45, 7) is 1.79. The van der Waals surface area contributed by atoms with Crippen LogP contribution in [0.2, 0.25) is 0 Å². The molecule has 0 heterocycles. The monoisotopic (exact) mass is 313 g/mol. The van der Waals surface area contributed by atoms with E-state index in [4.69, 9.17) is 16.8 Å². The molecule has 1 aromatic rings. The van der Waals surface area contributed by atoms with Crippen molar-refractivity contribution in [3.8, 4) is 0 Å². The smallest absolute Gasteiger partial charge is 0.178 e. The molecule has 0 amide bonds. The number of hydrogen-bond acceptors (Lipinski definition) is 2. The van der Waals surface area contributed by atoms with E-state index in [9.17, 15) is 4.39 Å². The first kappa shape index (κ1) is 10.7. The van der Waals surface area contributed by atoms with Gasteiger partial charge in [0.2, 0.25) is 0 Å². The van der Waals surface area contributed by atoms with Crippen LogP contribution in [-0.4, -0.2) is 10.4 Å². The Morgan fingerprint density at radius 2 is 2.23 bits per heavy atom. The molecular weight excluding hydrogens is 307 g/mol. The Morgan fingerprint density at radius 3 is 2.77 bits per heavy atom. The molecule has 0 saturated carbocycles. The summed E-state index contributed by atoms with van der Waals surface area (Å²) in [6, 6.07) is 3.20. The second kappa shape index (κ2) is 4.23. The molecule has 1 N–H and O–H groups in total. The summed E-state index contributed by atoms with van der Waals surface area (Å²) in [5.74, 6) is -0.455. The number of halogens is 3. The standard InChI is InChI=1S/C8H6ClFINO/c1-4-2-3-5(8(9)12-13)6(10)7(4)11/h2-3,13H,1H3/b12-8+. The van der Waals surface area contributed by atoms with Gasteiger partial charge in [0.05, 0.1) is 9.13 Å². The second-order valence-electron chi connectivity index (χ2n) is 2.45. The molecule has 0 unspecified atom stereocenters. The predicted octanol–water partition coefficient (Wildman–Crippen LogP) is 3.11. The fourth-order valence-electron chi connectivity index (χ4n) is 0.859. The van der Waals surface area contributed by atoms with Gasteiger partial charge < -0.3 is 5.21 Å². The van der Waals surface area contributed by atoms with E-state index in [-0.39, 0.29) is 10.7 Å². The van der Waals surface area contributed by atoms with Crippen molar-refractivity contribution in [2.45, 2.75) is 6.92 Å². The zero-order chi connectivity index (χ0) is 10.0. The molecule has 0 aliphatic carbocycles. The Labute approximate surface area is 93.5 Å². The van der Waals surface area contributed by atoms with Crippen LogP contribution in [-0.2, 0) is 0 Å². The summed E-state index contributed by atoms with van der Waals surface area (Å²) in [5.41, 5.74) is 0.934. The van der Waals surface area contributed by atoms with Crippen molar-refractivity contribution in [3.05, 3.63) is 32.6 Å². The third kappa shape index (κ3) is 2.11. The van der Waals surface area contributed by atoms with Gasteiger partial charge in [-0.25, -0.2) is 4.39 Å². The molecule has 70 valence electrons. The van der Waals surface area contributed by atoms with Crippen molar-refractivity contribution in [2.75, 3.05) is 0 Å². The third-order valence-electron chi connectivity index (χ3n) is 1.59. The Morgan fingerprint density at radius 1 is 1.62 bits per heavy atom. The van der Waals surface area contributed by atoms with E-state index in [1.165, 1.54) is 6.07 Å². The number of nitrogens with zero attached hydrogens (tertiary/aromatic N) is 1. The van der Waals surface area contributed by atoms with Crippen molar-refractivity contribution in [2.24, 2.45) is 5.16 Å². The largest absolute Gasteiger partial charge is 0.410 e. The van der Waals surface area contributed by atoms with Crippen molar-refractivity contribution in [1.82, 2.24) is 0 Å². The van der Waals surface area contributed by atoms with Gasteiger partial charge in [0, 0.05) is 0 Å². The quantitative estimate of drug-likeness (QED) is 0.367. The number of rotatable bonds is 1. The highest BCUT2D eigenvalue weighted by atomic mass is 127. The van der Waals surface area contributed by atoms with Gasteiger partial charge in [0.25, 0.3) is 0 Å². The number of hydrogen-bond donors (Lipinski definition) is 1. The van der Waals surface area contributed by atoms with Gasteiger partial charge >= 0.3 is 0 Å². The van der Waals surface area contributed by atoms with Crippen LogP contribution in [0.5, 0.6) is 0 Å². The van der Waals surface area contributed by atoms with Crippen molar-refractivity contribution < 1.29 is 9.60 Å². The molecule has 2 nitrogen and oxygen atoms in total. The summed E-state index contributed by atoms with van der Waals surface area (Å²) in [5, 5.41) is 10.8. The van der Waals surface area contributed by atoms with Crippen molar-refractivity contribution in [3.63, 3.8) is 0 Å². The van der Waals surface area contributed by atoms with Gasteiger partial charge in [-0.05, 0) is 41.1 Å².